The molecule has 0 spiro atoms. The first-order valence-electron chi connectivity index (χ1n) is 7.34. The molecule has 1 saturated heterocycles. The third-order valence-electron chi connectivity index (χ3n) is 3.83. The van der Waals surface area contributed by atoms with E-state index in [9.17, 15) is 19.5 Å². The zero-order valence-electron chi connectivity index (χ0n) is 13.4. The summed E-state index contributed by atoms with van der Waals surface area (Å²) in [6.45, 7) is -0.373. The number of thioether (sulfide) groups is 2. The van der Waals surface area contributed by atoms with Gasteiger partial charge in [0.15, 0.2) is 5.71 Å². The molecule has 0 aromatic carbocycles. The number of carboxylic acids is 2. The van der Waals surface area contributed by atoms with Crippen LogP contribution in [-0.2, 0) is 20.9 Å². The molecular weight excluding hydrogens is 402 g/mol. The summed E-state index contributed by atoms with van der Waals surface area (Å²) in [5.74, 6) is -2.56. The second-order valence-corrected chi connectivity index (χ2v) is 7.50. The van der Waals surface area contributed by atoms with Gasteiger partial charge in [0.05, 0.1) is 6.54 Å². The van der Waals surface area contributed by atoms with Crippen molar-refractivity contribution in [3.8, 4) is 0 Å². The topological polar surface area (TPSA) is 197 Å². The molecule has 1 aromatic rings. The molecule has 144 valence electrons. The summed E-state index contributed by atoms with van der Waals surface area (Å²) >= 11 is 2.44. The van der Waals surface area contributed by atoms with Crippen molar-refractivity contribution in [2.75, 3.05) is 11.5 Å². The summed E-state index contributed by atoms with van der Waals surface area (Å²) in [7, 11) is 0. The van der Waals surface area contributed by atoms with E-state index in [0.29, 0.717) is 11.3 Å². The van der Waals surface area contributed by atoms with Gasteiger partial charge in [-0.05, 0) is 16.0 Å². The number of nitrogens with two attached hydrogens (primary N) is 1. The molecule has 1 fully saturated rings. The Morgan fingerprint density at radius 1 is 1.41 bits per heavy atom. The lowest BCUT2D eigenvalue weighted by atomic mass is 10.0. The molecular formula is C12H13N7O6S2. The predicted molar refractivity (Wildman–Crippen MR) is 91.1 cm³/mol. The van der Waals surface area contributed by atoms with E-state index in [1.807, 2.05) is 0 Å². The highest BCUT2D eigenvalue weighted by atomic mass is 32.2. The van der Waals surface area contributed by atoms with E-state index in [0.717, 1.165) is 16.4 Å². The first-order chi connectivity index (χ1) is 12.8. The van der Waals surface area contributed by atoms with Crippen LogP contribution in [0, 0.1) is 0 Å². The first-order valence-corrected chi connectivity index (χ1v) is 9.37. The van der Waals surface area contributed by atoms with E-state index >= 15 is 0 Å². The largest absolute Gasteiger partial charge is 0.477 e. The monoisotopic (exact) mass is 415 g/mol. The van der Waals surface area contributed by atoms with Gasteiger partial charge in [0.2, 0.25) is 11.1 Å². The Balaban J connectivity index is 1.77. The Bertz CT molecular complexity index is 868. The van der Waals surface area contributed by atoms with Crippen molar-refractivity contribution in [2.45, 2.75) is 23.1 Å². The fraction of sp³-hybridized carbons (Fsp3) is 0.417. The highest BCUT2D eigenvalue weighted by Gasteiger charge is 2.51. The summed E-state index contributed by atoms with van der Waals surface area (Å²) in [4.78, 5) is 35.6. The quantitative estimate of drug-likeness (QED) is 0.129. The zero-order valence-corrected chi connectivity index (χ0v) is 15.1. The van der Waals surface area contributed by atoms with Crippen LogP contribution in [0.5, 0.6) is 0 Å². The van der Waals surface area contributed by atoms with Gasteiger partial charge in [-0.15, -0.1) is 16.9 Å². The SMILES string of the molecule is NC1C(=O)N2C(C(=O)O)=C(CSc3nnnn3CC(=NO)C(=O)O)CS[C@@H]12. The van der Waals surface area contributed by atoms with Crippen molar-refractivity contribution in [3.05, 3.63) is 11.3 Å². The Kier molecular flexibility index (Phi) is 5.33. The summed E-state index contributed by atoms with van der Waals surface area (Å²) < 4.78 is 1.11. The van der Waals surface area contributed by atoms with Gasteiger partial charge < -0.3 is 21.2 Å². The highest BCUT2D eigenvalue weighted by Crippen LogP contribution is 2.40. The van der Waals surface area contributed by atoms with Crippen LogP contribution in [0.1, 0.15) is 0 Å². The van der Waals surface area contributed by atoms with E-state index < -0.39 is 29.6 Å². The number of oxime groups is 1. The lowest BCUT2D eigenvalue weighted by molar-refractivity contribution is -0.147. The van der Waals surface area contributed by atoms with Crippen molar-refractivity contribution in [2.24, 2.45) is 10.9 Å². The number of nitrogens with zero attached hydrogens (tertiary/aromatic N) is 6. The highest BCUT2D eigenvalue weighted by molar-refractivity contribution is 8.01. The molecule has 0 radical (unpaired) electrons. The normalized spacial score (nSPS) is 22.5. The minimum absolute atomic E-state index is 0.0971. The van der Waals surface area contributed by atoms with E-state index in [1.165, 1.54) is 16.7 Å². The Labute approximate surface area is 159 Å². The Morgan fingerprint density at radius 3 is 2.78 bits per heavy atom. The van der Waals surface area contributed by atoms with Crippen molar-refractivity contribution in [3.63, 3.8) is 0 Å². The second kappa shape index (κ2) is 7.53. The van der Waals surface area contributed by atoms with Crippen LogP contribution in [0.25, 0.3) is 0 Å². The molecule has 3 heterocycles. The van der Waals surface area contributed by atoms with E-state index in [-0.39, 0.29) is 28.5 Å². The number of aliphatic carboxylic acids is 2. The maximum absolute atomic E-state index is 11.9. The van der Waals surface area contributed by atoms with Crippen molar-refractivity contribution in [1.82, 2.24) is 25.1 Å². The molecule has 0 aliphatic carbocycles. The van der Waals surface area contributed by atoms with Crippen LogP contribution in [0.3, 0.4) is 0 Å². The Morgan fingerprint density at radius 2 is 2.15 bits per heavy atom. The molecule has 1 amide bonds. The standard InChI is InChI=1S/C12H13N7O6S2/c13-6-8(20)19-7(11(23)24)4(2-26-9(6)19)3-27-12-14-16-17-18(12)1-5(15-25)10(21)22/h6,9,25H,1-3,13H2,(H,21,22)(H,23,24)/t6?,9-/m0/s1. The fourth-order valence-corrected chi connectivity index (χ4v) is 4.83. The van der Waals surface area contributed by atoms with Gasteiger partial charge in [0, 0.05) is 11.5 Å². The molecule has 13 nitrogen and oxygen atoms in total. The number of fused-ring (bicyclic) bond motifs is 1. The number of carbonyl (C=O) groups excluding carboxylic acids is 1. The number of carbonyl (C=O) groups is 3. The molecule has 5 N–H and O–H groups in total. The third-order valence-corrected chi connectivity index (χ3v) is 6.24. The molecule has 2 aliphatic heterocycles. The van der Waals surface area contributed by atoms with E-state index in [1.54, 1.807) is 0 Å². The molecule has 2 aliphatic rings. The number of carboxylic acid groups (broad SMARTS) is 2. The number of amides is 1. The lowest BCUT2D eigenvalue weighted by Gasteiger charge is -2.48. The zero-order chi connectivity index (χ0) is 19.7. The average Bonchev–Trinajstić information content (AvgIpc) is 3.09. The molecule has 1 aromatic heterocycles. The van der Waals surface area contributed by atoms with Gasteiger partial charge in [-0.2, -0.15) is 0 Å². The fourth-order valence-electron chi connectivity index (χ4n) is 2.53. The van der Waals surface area contributed by atoms with Crippen LogP contribution < -0.4 is 5.73 Å². The average molecular weight is 415 g/mol. The molecule has 2 atom stereocenters. The Hall–Kier alpha value is -2.65. The van der Waals surface area contributed by atoms with Crippen LogP contribution in [0.15, 0.2) is 21.6 Å². The number of hydrogen-bond acceptors (Lipinski definition) is 11. The minimum Gasteiger partial charge on any atom is -0.477 e. The van der Waals surface area contributed by atoms with Crippen molar-refractivity contribution >= 4 is 47.1 Å². The summed E-state index contributed by atoms with van der Waals surface area (Å²) in [6.07, 6.45) is 0. The number of β-lactam (4-membered cyclic amide) rings is 1. The summed E-state index contributed by atoms with van der Waals surface area (Å²) in [5, 5.41) is 40.4. The van der Waals surface area contributed by atoms with Crippen LogP contribution in [0.4, 0.5) is 0 Å². The molecule has 15 heteroatoms. The number of tetrazole rings is 1. The van der Waals surface area contributed by atoms with Crippen LogP contribution in [0.2, 0.25) is 0 Å². The lowest BCUT2D eigenvalue weighted by Crippen LogP contribution is -2.68. The van der Waals surface area contributed by atoms with Gasteiger partial charge in [-0.3, -0.25) is 9.69 Å². The smallest absolute Gasteiger partial charge is 0.355 e. The second-order valence-electron chi connectivity index (χ2n) is 5.45. The van der Waals surface area contributed by atoms with Gasteiger partial charge in [0.25, 0.3) is 0 Å². The molecule has 1 unspecified atom stereocenters. The maximum atomic E-state index is 11.9. The predicted octanol–water partition coefficient (Wildman–Crippen LogP) is -1.74. The molecule has 0 bridgehead atoms. The maximum Gasteiger partial charge on any atom is 0.355 e. The van der Waals surface area contributed by atoms with E-state index in [4.69, 9.17) is 16.0 Å². The first kappa shape index (κ1) is 19.1. The third kappa shape index (κ3) is 3.47. The molecule has 3 rings (SSSR count). The number of aromatic nitrogens is 4. The van der Waals surface area contributed by atoms with E-state index in [2.05, 4.69) is 20.7 Å². The summed E-state index contributed by atoms with van der Waals surface area (Å²) in [6, 6.07) is -0.710. The van der Waals surface area contributed by atoms with Gasteiger partial charge >= 0.3 is 11.9 Å². The van der Waals surface area contributed by atoms with Crippen LogP contribution in [-0.4, -0.2) is 87.0 Å². The minimum atomic E-state index is -1.43. The van der Waals surface area contributed by atoms with Crippen LogP contribution >= 0.6 is 23.5 Å². The van der Waals surface area contributed by atoms with Crippen molar-refractivity contribution in [1.29, 1.82) is 0 Å². The van der Waals surface area contributed by atoms with Gasteiger partial charge in [-0.1, -0.05) is 16.9 Å². The van der Waals surface area contributed by atoms with Crippen molar-refractivity contribution < 1.29 is 29.8 Å². The summed E-state index contributed by atoms with van der Waals surface area (Å²) in [5.41, 5.74) is 5.53. The number of hydrogen-bond donors (Lipinski definition) is 4. The molecule has 0 saturated carbocycles. The van der Waals surface area contributed by atoms with Gasteiger partial charge in [0.1, 0.15) is 17.1 Å². The molecule has 27 heavy (non-hydrogen) atoms. The van der Waals surface area contributed by atoms with Gasteiger partial charge in [-0.25, -0.2) is 14.3 Å². The number of rotatable bonds is 7.